The Balaban J connectivity index is 2.24. The van der Waals surface area contributed by atoms with E-state index in [0.29, 0.717) is 10.8 Å². The van der Waals surface area contributed by atoms with Crippen molar-refractivity contribution in [3.63, 3.8) is 0 Å². The highest BCUT2D eigenvalue weighted by Gasteiger charge is 2.31. The lowest BCUT2D eigenvalue weighted by atomic mass is 10.1. The van der Waals surface area contributed by atoms with Gasteiger partial charge in [-0.05, 0) is 38.1 Å². The fourth-order valence-corrected chi connectivity index (χ4v) is 1.63. The Hall–Kier alpha value is -1.59. The van der Waals surface area contributed by atoms with Gasteiger partial charge < -0.3 is 9.84 Å². The van der Waals surface area contributed by atoms with Gasteiger partial charge >= 0.3 is 0 Å². The molecule has 18 heavy (non-hydrogen) atoms. The van der Waals surface area contributed by atoms with Gasteiger partial charge in [-0.15, -0.1) is 0 Å². The fraction of sp³-hybridized carbons (Fsp3) is 0.333. The number of halogens is 1. The molecule has 0 aliphatic heterocycles. The Kier molecular flexibility index (Phi) is 3.54. The Morgan fingerprint density at radius 2 is 2.00 bits per heavy atom. The molecule has 0 saturated heterocycles. The molecule has 0 aliphatic rings. The second-order valence-electron chi connectivity index (χ2n) is 4.45. The largest absolute Gasteiger partial charge is 0.466 e. The highest BCUT2D eigenvalue weighted by atomic mass is 35.5. The highest BCUT2D eigenvalue weighted by Crippen LogP contribution is 2.26. The molecule has 1 heterocycles. The molecule has 0 aliphatic carbocycles. The molecule has 1 atom stereocenters. The second kappa shape index (κ2) is 4.96. The summed E-state index contributed by atoms with van der Waals surface area (Å²) in [6.45, 7) is 3.30. The van der Waals surface area contributed by atoms with E-state index in [0.717, 1.165) is 0 Å². The van der Waals surface area contributed by atoms with Crippen LogP contribution < -0.4 is 4.74 Å². The molecule has 2 rings (SSSR count). The average Bonchev–Trinajstić information content (AvgIpc) is 2.80. The molecule has 1 unspecified atom stereocenters. The van der Waals surface area contributed by atoms with Gasteiger partial charge in [0.15, 0.2) is 0 Å². The van der Waals surface area contributed by atoms with E-state index in [-0.39, 0.29) is 0 Å². The quantitative estimate of drug-likeness (QED) is 0.923. The fourth-order valence-electron chi connectivity index (χ4n) is 1.50. The molecular weight excluding hydrogens is 254 g/mol. The first-order valence-electron chi connectivity index (χ1n) is 5.45. The molecule has 1 N–H and O–H groups in total. The summed E-state index contributed by atoms with van der Waals surface area (Å²) in [7, 11) is 0. The van der Waals surface area contributed by atoms with Crippen molar-refractivity contribution >= 4 is 11.6 Å². The first-order valence-corrected chi connectivity index (χ1v) is 5.83. The van der Waals surface area contributed by atoms with E-state index in [1.807, 2.05) is 0 Å². The minimum atomic E-state index is -1.10. The first-order chi connectivity index (χ1) is 8.47. The van der Waals surface area contributed by atoms with E-state index in [4.69, 9.17) is 16.3 Å². The van der Waals surface area contributed by atoms with Crippen LogP contribution in [0.3, 0.4) is 0 Å². The van der Waals surface area contributed by atoms with Crippen molar-refractivity contribution in [2.75, 3.05) is 0 Å². The van der Waals surface area contributed by atoms with Gasteiger partial charge in [-0.2, -0.15) is 5.10 Å². The monoisotopic (exact) mass is 267 g/mol. The van der Waals surface area contributed by atoms with Gasteiger partial charge in [0.05, 0.1) is 0 Å². The van der Waals surface area contributed by atoms with Crippen molar-refractivity contribution < 1.29 is 9.84 Å². The lowest BCUT2D eigenvalue weighted by Crippen LogP contribution is -2.37. The lowest BCUT2D eigenvalue weighted by Gasteiger charge is -2.29. The number of ether oxygens (including phenoxy) is 1. The first kappa shape index (κ1) is 12.9. The van der Waals surface area contributed by atoms with Gasteiger partial charge in [0.25, 0.3) is 0 Å². The van der Waals surface area contributed by atoms with E-state index >= 15 is 0 Å². The Labute approximate surface area is 110 Å². The van der Waals surface area contributed by atoms with Crippen LogP contribution in [0, 0.1) is 0 Å². The molecule has 5 nitrogen and oxygen atoms in total. The van der Waals surface area contributed by atoms with Crippen LogP contribution >= 0.6 is 11.6 Å². The van der Waals surface area contributed by atoms with E-state index in [9.17, 15) is 5.11 Å². The molecule has 96 valence electrons. The summed E-state index contributed by atoms with van der Waals surface area (Å²) in [6, 6.07) is 6.91. The summed E-state index contributed by atoms with van der Waals surface area (Å²) in [5.74, 6) is 0.599. The normalized spacial score (nSPS) is 13.3. The molecule has 0 fully saturated rings. The van der Waals surface area contributed by atoms with Crippen molar-refractivity contribution in [3.05, 3.63) is 41.9 Å². The molecule has 6 heteroatoms. The van der Waals surface area contributed by atoms with Crippen LogP contribution in [-0.2, 0) is 0 Å². The third-order valence-electron chi connectivity index (χ3n) is 2.34. The average molecular weight is 268 g/mol. The minimum Gasteiger partial charge on any atom is -0.466 e. The molecule has 0 spiro atoms. The summed E-state index contributed by atoms with van der Waals surface area (Å²) in [5.41, 5.74) is -1.10. The maximum absolute atomic E-state index is 10.1. The topological polar surface area (TPSA) is 60.2 Å². The molecule has 0 saturated carbocycles. The van der Waals surface area contributed by atoms with Crippen molar-refractivity contribution in [3.8, 4) is 5.75 Å². The Bertz CT molecular complexity index is 491. The Morgan fingerprint density at radius 3 is 2.50 bits per heavy atom. The van der Waals surface area contributed by atoms with Crippen LogP contribution in [-0.4, -0.2) is 25.5 Å². The van der Waals surface area contributed by atoms with Gasteiger partial charge in [-0.25, -0.2) is 9.67 Å². The third kappa shape index (κ3) is 3.00. The smallest absolute Gasteiger partial charge is 0.220 e. The zero-order valence-electron chi connectivity index (χ0n) is 10.1. The standard InChI is InChI=1S/C12H14ClN3O2/c1-12(2,17)11(16-8-14-7-15-16)18-10-5-3-9(13)4-6-10/h3-8,11,17H,1-2H3. The number of hydrogen-bond donors (Lipinski definition) is 1. The number of rotatable bonds is 4. The lowest BCUT2D eigenvalue weighted by molar-refractivity contribution is -0.0796. The molecule has 2 aromatic rings. The molecule has 0 amide bonds. The van der Waals surface area contributed by atoms with Crippen molar-refractivity contribution in [1.29, 1.82) is 0 Å². The van der Waals surface area contributed by atoms with Crippen molar-refractivity contribution in [2.45, 2.75) is 25.7 Å². The van der Waals surface area contributed by atoms with E-state index in [2.05, 4.69) is 10.1 Å². The predicted molar refractivity (Wildman–Crippen MR) is 67.4 cm³/mol. The van der Waals surface area contributed by atoms with Gasteiger partial charge in [-0.3, -0.25) is 0 Å². The summed E-state index contributed by atoms with van der Waals surface area (Å²) >= 11 is 5.81. The third-order valence-corrected chi connectivity index (χ3v) is 2.59. The van der Waals surface area contributed by atoms with Crippen LogP contribution in [0.15, 0.2) is 36.9 Å². The molecule has 1 aromatic carbocycles. The predicted octanol–water partition coefficient (Wildman–Crippen LogP) is 2.28. The number of aromatic nitrogens is 3. The molecule has 1 aromatic heterocycles. The summed E-state index contributed by atoms with van der Waals surface area (Å²) in [6.07, 6.45) is 2.23. The summed E-state index contributed by atoms with van der Waals surface area (Å²) in [4.78, 5) is 3.85. The number of hydrogen-bond acceptors (Lipinski definition) is 4. The van der Waals surface area contributed by atoms with Crippen molar-refractivity contribution in [1.82, 2.24) is 14.8 Å². The maximum atomic E-state index is 10.1. The zero-order valence-corrected chi connectivity index (χ0v) is 10.9. The van der Waals surface area contributed by atoms with Gasteiger partial charge in [0.2, 0.25) is 6.23 Å². The summed E-state index contributed by atoms with van der Waals surface area (Å²) in [5, 5.41) is 14.7. The van der Waals surface area contributed by atoms with Crippen LogP contribution in [0.1, 0.15) is 20.1 Å². The highest BCUT2D eigenvalue weighted by molar-refractivity contribution is 6.30. The molecule has 0 bridgehead atoms. The zero-order chi connectivity index (χ0) is 13.2. The molecular formula is C12H14ClN3O2. The maximum Gasteiger partial charge on any atom is 0.220 e. The second-order valence-corrected chi connectivity index (χ2v) is 4.89. The van der Waals surface area contributed by atoms with Crippen LogP contribution in [0.2, 0.25) is 5.02 Å². The van der Waals surface area contributed by atoms with E-state index in [1.165, 1.54) is 17.3 Å². The number of aliphatic hydroxyl groups is 1. The van der Waals surface area contributed by atoms with E-state index < -0.39 is 11.8 Å². The summed E-state index contributed by atoms with van der Waals surface area (Å²) < 4.78 is 7.20. The van der Waals surface area contributed by atoms with Gasteiger partial charge in [0, 0.05) is 5.02 Å². The van der Waals surface area contributed by atoms with Crippen LogP contribution in [0.25, 0.3) is 0 Å². The number of benzene rings is 1. The molecule has 0 radical (unpaired) electrons. The number of nitrogens with zero attached hydrogens (tertiary/aromatic N) is 3. The SMILES string of the molecule is CC(C)(O)C(Oc1ccc(Cl)cc1)n1cncn1. The van der Waals surface area contributed by atoms with Gasteiger partial charge in [-0.1, -0.05) is 11.6 Å². The van der Waals surface area contributed by atoms with E-state index in [1.54, 1.807) is 38.1 Å². The van der Waals surface area contributed by atoms with Crippen molar-refractivity contribution in [2.24, 2.45) is 0 Å². The van der Waals surface area contributed by atoms with Crippen LogP contribution in [0.4, 0.5) is 0 Å². The van der Waals surface area contributed by atoms with Crippen LogP contribution in [0.5, 0.6) is 5.75 Å². The Morgan fingerprint density at radius 1 is 1.33 bits per heavy atom. The van der Waals surface area contributed by atoms with Gasteiger partial charge in [0.1, 0.15) is 24.0 Å². The minimum absolute atomic E-state index is 0.599.